The summed E-state index contributed by atoms with van der Waals surface area (Å²) in [4.78, 5) is 27.4. The van der Waals surface area contributed by atoms with Gasteiger partial charge in [-0.3, -0.25) is 9.59 Å². The fourth-order valence-electron chi connectivity index (χ4n) is 3.70. The molecule has 0 bridgehead atoms. The van der Waals surface area contributed by atoms with Gasteiger partial charge in [-0.1, -0.05) is 42.5 Å². The molecule has 0 aliphatic carbocycles. The molecule has 2 heterocycles. The first-order chi connectivity index (χ1) is 12.1. The van der Waals surface area contributed by atoms with E-state index in [0.29, 0.717) is 11.9 Å². The smallest absolute Gasteiger partial charge is 0.259 e. The van der Waals surface area contributed by atoms with E-state index in [1.54, 1.807) is 18.1 Å². The van der Waals surface area contributed by atoms with Gasteiger partial charge in [-0.05, 0) is 30.5 Å². The number of hydrogen-bond donors (Lipinski definition) is 0. The fraction of sp³-hybridized carbons (Fsp3) is 0.238. The standard InChI is InChI=1S/C21H20N2O2/c1-14-11-16-9-6-10-17-19(16)23(14)13-18(20(17)24)21(25)22(2)12-15-7-4-3-5-8-15/h3-10,13-14H,11-12H2,1-2H3/t14-/m0/s1. The minimum Gasteiger partial charge on any atom is -0.343 e. The summed E-state index contributed by atoms with van der Waals surface area (Å²) in [6.45, 7) is 2.60. The van der Waals surface area contributed by atoms with Gasteiger partial charge in [-0.15, -0.1) is 0 Å². The highest BCUT2D eigenvalue weighted by Crippen LogP contribution is 2.31. The molecule has 1 aromatic heterocycles. The first kappa shape index (κ1) is 15.6. The second kappa shape index (κ2) is 5.88. The van der Waals surface area contributed by atoms with Crippen LogP contribution in [0.3, 0.4) is 0 Å². The molecule has 1 aliphatic heterocycles. The fourth-order valence-corrected chi connectivity index (χ4v) is 3.70. The summed E-state index contributed by atoms with van der Waals surface area (Å²) in [6.07, 6.45) is 2.64. The average molecular weight is 332 g/mol. The van der Waals surface area contributed by atoms with Crippen molar-refractivity contribution in [2.75, 3.05) is 7.05 Å². The van der Waals surface area contributed by atoms with E-state index in [9.17, 15) is 9.59 Å². The normalized spacial score (nSPS) is 15.5. The van der Waals surface area contributed by atoms with Gasteiger partial charge in [0.05, 0.1) is 5.52 Å². The lowest BCUT2D eigenvalue weighted by Gasteiger charge is -2.19. The van der Waals surface area contributed by atoms with Crippen LogP contribution in [0.15, 0.2) is 59.5 Å². The van der Waals surface area contributed by atoms with Crippen molar-refractivity contribution in [3.63, 3.8) is 0 Å². The molecule has 1 amide bonds. The number of pyridine rings is 1. The van der Waals surface area contributed by atoms with Crippen LogP contribution in [0.2, 0.25) is 0 Å². The number of rotatable bonds is 3. The quantitative estimate of drug-likeness (QED) is 0.738. The molecule has 2 aromatic carbocycles. The van der Waals surface area contributed by atoms with E-state index in [1.807, 2.05) is 42.5 Å². The molecular weight excluding hydrogens is 312 g/mol. The van der Waals surface area contributed by atoms with Gasteiger partial charge in [0.25, 0.3) is 5.91 Å². The van der Waals surface area contributed by atoms with Gasteiger partial charge in [0.2, 0.25) is 5.43 Å². The van der Waals surface area contributed by atoms with Gasteiger partial charge in [0.1, 0.15) is 5.56 Å². The van der Waals surface area contributed by atoms with Gasteiger partial charge in [-0.2, -0.15) is 0 Å². The van der Waals surface area contributed by atoms with Crippen LogP contribution in [0.25, 0.3) is 10.9 Å². The Balaban J connectivity index is 1.76. The zero-order valence-corrected chi connectivity index (χ0v) is 14.4. The summed E-state index contributed by atoms with van der Waals surface area (Å²) in [5.74, 6) is -0.232. The Morgan fingerprint density at radius 2 is 1.92 bits per heavy atom. The molecule has 0 fully saturated rings. The van der Waals surface area contributed by atoms with E-state index >= 15 is 0 Å². The number of aromatic nitrogens is 1. The molecule has 4 rings (SSSR count). The maximum atomic E-state index is 12.9. The zero-order valence-electron chi connectivity index (χ0n) is 14.4. The van der Waals surface area contributed by atoms with Crippen molar-refractivity contribution >= 4 is 16.8 Å². The maximum absolute atomic E-state index is 12.9. The van der Waals surface area contributed by atoms with E-state index in [-0.39, 0.29) is 22.9 Å². The van der Waals surface area contributed by atoms with Gasteiger partial charge < -0.3 is 9.47 Å². The molecule has 0 unspecified atom stereocenters. The van der Waals surface area contributed by atoms with Crippen LogP contribution in [0.5, 0.6) is 0 Å². The summed E-state index contributed by atoms with van der Waals surface area (Å²) in [6, 6.07) is 15.8. The van der Waals surface area contributed by atoms with Crippen molar-refractivity contribution in [1.29, 1.82) is 0 Å². The van der Waals surface area contributed by atoms with E-state index in [4.69, 9.17) is 0 Å². The number of carbonyl (C=O) groups is 1. The number of benzene rings is 2. The van der Waals surface area contributed by atoms with Crippen LogP contribution in [0.4, 0.5) is 0 Å². The molecule has 1 aliphatic rings. The topological polar surface area (TPSA) is 42.3 Å². The van der Waals surface area contributed by atoms with E-state index in [2.05, 4.69) is 17.6 Å². The van der Waals surface area contributed by atoms with Crippen LogP contribution in [0, 0.1) is 0 Å². The molecule has 0 radical (unpaired) electrons. The van der Waals surface area contributed by atoms with Crippen molar-refractivity contribution < 1.29 is 4.79 Å². The van der Waals surface area contributed by atoms with Crippen LogP contribution >= 0.6 is 0 Å². The van der Waals surface area contributed by atoms with Crippen molar-refractivity contribution in [2.45, 2.75) is 25.9 Å². The number of amides is 1. The van der Waals surface area contributed by atoms with Gasteiger partial charge in [0.15, 0.2) is 0 Å². The largest absolute Gasteiger partial charge is 0.343 e. The third kappa shape index (κ3) is 2.54. The molecule has 126 valence electrons. The van der Waals surface area contributed by atoms with Crippen LogP contribution < -0.4 is 5.43 Å². The average Bonchev–Trinajstić information content (AvgIpc) is 2.94. The molecule has 0 saturated carbocycles. The SMILES string of the molecule is C[C@H]1Cc2cccc3c(=O)c(C(=O)N(C)Cc4ccccc4)cn1c23. The first-order valence-corrected chi connectivity index (χ1v) is 8.52. The zero-order chi connectivity index (χ0) is 17.6. The van der Waals surface area contributed by atoms with Gasteiger partial charge >= 0.3 is 0 Å². The summed E-state index contributed by atoms with van der Waals surface area (Å²) in [5.41, 5.74) is 3.27. The van der Waals surface area contributed by atoms with E-state index < -0.39 is 0 Å². The molecule has 0 spiro atoms. The molecule has 4 nitrogen and oxygen atoms in total. The third-order valence-corrected chi connectivity index (χ3v) is 4.97. The third-order valence-electron chi connectivity index (χ3n) is 4.97. The Hall–Kier alpha value is -2.88. The highest BCUT2D eigenvalue weighted by atomic mass is 16.2. The number of hydrogen-bond acceptors (Lipinski definition) is 2. The highest BCUT2D eigenvalue weighted by molar-refractivity contribution is 5.98. The monoisotopic (exact) mass is 332 g/mol. The predicted octanol–water partition coefficient (Wildman–Crippen LogP) is 3.39. The predicted molar refractivity (Wildman–Crippen MR) is 98.9 cm³/mol. The Morgan fingerprint density at radius 3 is 2.68 bits per heavy atom. The molecule has 25 heavy (non-hydrogen) atoms. The summed E-state index contributed by atoms with van der Waals surface area (Å²) in [5, 5.41) is 0.640. The van der Waals surface area contributed by atoms with Crippen molar-refractivity contribution in [3.8, 4) is 0 Å². The summed E-state index contributed by atoms with van der Waals surface area (Å²) in [7, 11) is 1.74. The Morgan fingerprint density at radius 1 is 1.16 bits per heavy atom. The van der Waals surface area contributed by atoms with E-state index in [0.717, 1.165) is 17.5 Å². The highest BCUT2D eigenvalue weighted by Gasteiger charge is 2.25. The van der Waals surface area contributed by atoms with Crippen molar-refractivity contribution in [2.24, 2.45) is 0 Å². The minimum atomic E-state index is -0.232. The van der Waals surface area contributed by atoms with Gasteiger partial charge in [0, 0.05) is 31.2 Å². The molecule has 0 N–H and O–H groups in total. The van der Waals surface area contributed by atoms with E-state index in [1.165, 1.54) is 5.56 Å². The minimum absolute atomic E-state index is 0.174. The Kier molecular flexibility index (Phi) is 3.68. The number of nitrogens with zero attached hydrogens (tertiary/aromatic N) is 2. The van der Waals surface area contributed by atoms with Crippen LogP contribution in [0.1, 0.15) is 34.5 Å². The Labute approximate surface area is 146 Å². The number of para-hydroxylation sites is 1. The molecule has 0 saturated heterocycles. The van der Waals surface area contributed by atoms with Crippen LogP contribution in [-0.4, -0.2) is 22.4 Å². The van der Waals surface area contributed by atoms with Crippen molar-refractivity contribution in [3.05, 3.63) is 81.6 Å². The summed E-state index contributed by atoms with van der Waals surface area (Å²) < 4.78 is 2.08. The lowest BCUT2D eigenvalue weighted by molar-refractivity contribution is 0.0783. The first-order valence-electron chi connectivity index (χ1n) is 8.52. The van der Waals surface area contributed by atoms with Crippen molar-refractivity contribution in [1.82, 2.24) is 9.47 Å². The Bertz CT molecular complexity index is 1020. The number of carbonyl (C=O) groups excluding carboxylic acids is 1. The molecular formula is C21H20N2O2. The van der Waals surface area contributed by atoms with Gasteiger partial charge in [-0.25, -0.2) is 0 Å². The lowest BCUT2D eigenvalue weighted by Crippen LogP contribution is -2.31. The molecule has 4 heteroatoms. The maximum Gasteiger partial charge on any atom is 0.259 e. The summed E-state index contributed by atoms with van der Waals surface area (Å²) >= 11 is 0. The molecule has 3 aromatic rings. The second-order valence-electron chi connectivity index (χ2n) is 6.79. The second-order valence-corrected chi connectivity index (χ2v) is 6.79. The molecule has 1 atom stereocenters. The lowest BCUT2D eigenvalue weighted by atomic mass is 10.1. The van der Waals surface area contributed by atoms with Crippen LogP contribution in [-0.2, 0) is 13.0 Å².